The van der Waals surface area contributed by atoms with Crippen molar-refractivity contribution >= 4 is 21.7 Å². The zero-order valence-corrected chi connectivity index (χ0v) is 10.7. The van der Waals surface area contributed by atoms with Crippen LogP contribution in [0.5, 0.6) is 0 Å². The minimum Gasteiger partial charge on any atom is -0.254 e. The normalized spacial score (nSPS) is 11.0. The monoisotopic (exact) mass is 255 g/mol. The lowest BCUT2D eigenvalue weighted by Gasteiger charge is -2.04. The summed E-state index contributed by atoms with van der Waals surface area (Å²) in [5.74, 6) is 0. The highest BCUT2D eigenvalue weighted by molar-refractivity contribution is 5.86. The van der Waals surface area contributed by atoms with Gasteiger partial charge in [0.25, 0.3) is 0 Å². The van der Waals surface area contributed by atoms with Crippen LogP contribution in [0.15, 0.2) is 66.9 Å². The Morgan fingerprint density at radius 2 is 1.60 bits per heavy atom. The van der Waals surface area contributed by atoms with E-state index in [1.807, 2.05) is 48.7 Å². The van der Waals surface area contributed by atoms with E-state index >= 15 is 0 Å². The van der Waals surface area contributed by atoms with Crippen molar-refractivity contribution in [3.05, 3.63) is 72.9 Å². The molecule has 0 aliphatic carbocycles. The standard InChI is InChI=1S/C18H11N2/c1-2-7-15-12-19-18(11-14(15)6-1)17-10-9-13-5-3-4-8-16(13)20-17/h1-8,10-12H. The van der Waals surface area contributed by atoms with Crippen LogP contribution in [0.3, 0.4) is 0 Å². The van der Waals surface area contributed by atoms with E-state index in [0.29, 0.717) is 0 Å². The molecule has 2 aromatic heterocycles. The van der Waals surface area contributed by atoms with Crippen LogP contribution >= 0.6 is 0 Å². The zero-order chi connectivity index (χ0) is 13.4. The Morgan fingerprint density at radius 3 is 2.55 bits per heavy atom. The van der Waals surface area contributed by atoms with Crippen molar-refractivity contribution in [1.82, 2.24) is 9.97 Å². The summed E-state index contributed by atoms with van der Waals surface area (Å²) < 4.78 is 0. The van der Waals surface area contributed by atoms with E-state index < -0.39 is 0 Å². The second-order valence-corrected chi connectivity index (χ2v) is 4.72. The molecule has 0 aliphatic heterocycles. The third-order valence-corrected chi connectivity index (χ3v) is 3.40. The van der Waals surface area contributed by atoms with E-state index in [0.717, 1.165) is 27.7 Å². The van der Waals surface area contributed by atoms with E-state index in [1.54, 1.807) is 0 Å². The van der Waals surface area contributed by atoms with Crippen LogP contribution in [-0.4, -0.2) is 9.97 Å². The summed E-state index contributed by atoms with van der Waals surface area (Å²) in [6, 6.07) is 23.4. The highest BCUT2D eigenvalue weighted by Gasteiger charge is 2.04. The van der Waals surface area contributed by atoms with Gasteiger partial charge in [-0.3, -0.25) is 4.98 Å². The van der Waals surface area contributed by atoms with Crippen molar-refractivity contribution in [2.45, 2.75) is 0 Å². The van der Waals surface area contributed by atoms with Crippen molar-refractivity contribution in [3.8, 4) is 11.4 Å². The summed E-state index contributed by atoms with van der Waals surface area (Å²) in [5.41, 5.74) is 2.68. The maximum atomic E-state index is 4.66. The second-order valence-electron chi connectivity index (χ2n) is 4.72. The van der Waals surface area contributed by atoms with Gasteiger partial charge in [-0.2, -0.15) is 0 Å². The van der Waals surface area contributed by atoms with Gasteiger partial charge in [0, 0.05) is 17.0 Å². The van der Waals surface area contributed by atoms with Crippen LogP contribution in [0.25, 0.3) is 33.1 Å². The molecule has 0 saturated heterocycles. The molecule has 0 saturated carbocycles. The van der Waals surface area contributed by atoms with Gasteiger partial charge in [0.15, 0.2) is 0 Å². The maximum absolute atomic E-state index is 4.66. The lowest BCUT2D eigenvalue weighted by Crippen LogP contribution is -1.88. The van der Waals surface area contributed by atoms with Crippen molar-refractivity contribution in [3.63, 3.8) is 0 Å². The summed E-state index contributed by atoms with van der Waals surface area (Å²) in [6.45, 7) is 0. The van der Waals surface area contributed by atoms with Gasteiger partial charge in [0.1, 0.15) is 0 Å². The number of rotatable bonds is 1. The van der Waals surface area contributed by atoms with Crippen molar-refractivity contribution in [2.24, 2.45) is 0 Å². The molecule has 0 unspecified atom stereocenters. The lowest BCUT2D eigenvalue weighted by atomic mass is 10.1. The van der Waals surface area contributed by atoms with E-state index in [4.69, 9.17) is 0 Å². The second kappa shape index (κ2) is 4.42. The van der Waals surface area contributed by atoms with Crippen LogP contribution < -0.4 is 0 Å². The molecular formula is C18H11N2. The molecule has 4 rings (SSSR count). The van der Waals surface area contributed by atoms with Crippen LogP contribution in [0, 0.1) is 6.07 Å². The third-order valence-electron chi connectivity index (χ3n) is 3.40. The summed E-state index contributed by atoms with van der Waals surface area (Å²) in [6.07, 6.45) is 1.89. The van der Waals surface area contributed by atoms with Crippen LogP contribution in [0.2, 0.25) is 0 Å². The third kappa shape index (κ3) is 1.82. The molecule has 20 heavy (non-hydrogen) atoms. The summed E-state index contributed by atoms with van der Waals surface area (Å²) in [7, 11) is 0. The molecule has 0 N–H and O–H groups in total. The number of benzene rings is 2. The Kier molecular flexibility index (Phi) is 2.46. The largest absolute Gasteiger partial charge is 0.254 e. The van der Waals surface area contributed by atoms with E-state index in [1.165, 1.54) is 5.39 Å². The number of pyridine rings is 2. The topological polar surface area (TPSA) is 25.8 Å². The van der Waals surface area contributed by atoms with Gasteiger partial charge in [-0.1, -0.05) is 42.5 Å². The number of para-hydroxylation sites is 1. The Labute approximate surface area is 116 Å². The molecule has 1 radical (unpaired) electrons. The van der Waals surface area contributed by atoms with Gasteiger partial charge in [-0.25, -0.2) is 4.98 Å². The van der Waals surface area contributed by atoms with Gasteiger partial charge >= 0.3 is 0 Å². The fourth-order valence-corrected chi connectivity index (χ4v) is 2.36. The number of nitrogens with zero attached hydrogens (tertiary/aromatic N) is 2. The van der Waals surface area contributed by atoms with Gasteiger partial charge < -0.3 is 0 Å². The van der Waals surface area contributed by atoms with E-state index in [9.17, 15) is 0 Å². The summed E-state index contributed by atoms with van der Waals surface area (Å²) in [4.78, 5) is 9.16. The molecule has 2 heterocycles. The average molecular weight is 255 g/mol. The average Bonchev–Trinajstić information content (AvgIpc) is 2.54. The summed E-state index contributed by atoms with van der Waals surface area (Å²) in [5, 5.41) is 3.34. The maximum Gasteiger partial charge on any atom is 0.0900 e. The molecule has 2 aromatic carbocycles. The molecule has 0 atom stereocenters. The summed E-state index contributed by atoms with van der Waals surface area (Å²) >= 11 is 0. The Balaban J connectivity index is 1.91. The van der Waals surface area contributed by atoms with Crippen molar-refractivity contribution in [1.29, 1.82) is 0 Å². The van der Waals surface area contributed by atoms with Gasteiger partial charge in [0.2, 0.25) is 0 Å². The number of fused-ring (bicyclic) bond motifs is 2. The van der Waals surface area contributed by atoms with Crippen LogP contribution in [-0.2, 0) is 0 Å². The molecule has 93 valence electrons. The molecule has 0 aliphatic rings. The van der Waals surface area contributed by atoms with Crippen LogP contribution in [0.1, 0.15) is 0 Å². The number of aromatic nitrogens is 2. The quantitative estimate of drug-likeness (QED) is 0.508. The molecule has 2 nitrogen and oxygen atoms in total. The van der Waals surface area contributed by atoms with Gasteiger partial charge in [0.05, 0.1) is 16.9 Å². The fraction of sp³-hybridized carbons (Fsp3) is 0. The number of hydrogen-bond donors (Lipinski definition) is 0. The fourth-order valence-electron chi connectivity index (χ4n) is 2.36. The lowest BCUT2D eigenvalue weighted by molar-refractivity contribution is 1.29. The molecular weight excluding hydrogens is 244 g/mol. The Hall–Kier alpha value is -2.74. The van der Waals surface area contributed by atoms with Crippen molar-refractivity contribution in [2.75, 3.05) is 0 Å². The van der Waals surface area contributed by atoms with Gasteiger partial charge in [-0.05, 0) is 29.7 Å². The first-order valence-electron chi connectivity index (χ1n) is 6.53. The first kappa shape index (κ1) is 11.1. The van der Waals surface area contributed by atoms with Crippen LogP contribution in [0.4, 0.5) is 0 Å². The van der Waals surface area contributed by atoms with E-state index in [2.05, 4.69) is 34.2 Å². The smallest absolute Gasteiger partial charge is 0.0900 e. The molecule has 0 bridgehead atoms. The Bertz CT molecular complexity index is 836. The molecule has 2 heteroatoms. The van der Waals surface area contributed by atoms with Gasteiger partial charge in [-0.15, -0.1) is 0 Å². The van der Waals surface area contributed by atoms with Crippen molar-refractivity contribution < 1.29 is 0 Å². The zero-order valence-electron chi connectivity index (χ0n) is 10.7. The molecule has 0 amide bonds. The molecule has 0 fully saturated rings. The minimum atomic E-state index is 0.856. The first-order chi connectivity index (χ1) is 9.90. The minimum absolute atomic E-state index is 0.856. The molecule has 4 aromatic rings. The highest BCUT2D eigenvalue weighted by atomic mass is 14.8. The predicted molar refractivity (Wildman–Crippen MR) is 81.3 cm³/mol. The Morgan fingerprint density at radius 1 is 0.800 bits per heavy atom. The first-order valence-corrected chi connectivity index (χ1v) is 6.53. The predicted octanol–water partition coefficient (Wildman–Crippen LogP) is 4.25. The highest BCUT2D eigenvalue weighted by Crippen LogP contribution is 2.22. The number of hydrogen-bond acceptors (Lipinski definition) is 2. The van der Waals surface area contributed by atoms with E-state index in [-0.39, 0.29) is 0 Å². The SMILES string of the molecule is [c]1cc(-c2cc3ccccc3cn2)nc2ccccc12. The molecule has 0 spiro atoms.